The summed E-state index contributed by atoms with van der Waals surface area (Å²) >= 11 is 1.64. The van der Waals surface area contributed by atoms with Gasteiger partial charge < -0.3 is 10.0 Å². The maximum atomic E-state index is 10.2. The molecule has 70 valence electrons. The number of hydrogen-bond acceptors (Lipinski definition) is 3. The van der Waals surface area contributed by atoms with Gasteiger partial charge in [-0.3, -0.25) is 0 Å². The van der Waals surface area contributed by atoms with Crippen LogP contribution in [0.5, 0.6) is 0 Å². The Hall–Kier alpha value is -1.29. The first-order valence-electron chi connectivity index (χ1n) is 3.81. The topological polar surface area (TPSA) is 40.5 Å². The largest absolute Gasteiger partial charge is 0.478 e. The second kappa shape index (κ2) is 4.67. The van der Waals surface area contributed by atoms with Gasteiger partial charge in [-0.15, -0.1) is 0 Å². The number of thiophene rings is 1. The first-order chi connectivity index (χ1) is 6.18. The SMILES string of the molecule is CN(C=CC(=O)O)Cc1ccsc1. The maximum Gasteiger partial charge on any atom is 0.329 e. The fourth-order valence-corrected chi connectivity index (χ4v) is 1.57. The highest BCUT2D eigenvalue weighted by atomic mass is 32.1. The van der Waals surface area contributed by atoms with Gasteiger partial charge in [0, 0.05) is 25.9 Å². The predicted octanol–water partition coefficient (Wildman–Crippen LogP) is 1.78. The van der Waals surface area contributed by atoms with Crippen LogP contribution in [0.15, 0.2) is 29.1 Å². The lowest BCUT2D eigenvalue weighted by Crippen LogP contribution is -2.09. The van der Waals surface area contributed by atoms with Crippen molar-refractivity contribution in [3.8, 4) is 0 Å². The van der Waals surface area contributed by atoms with E-state index in [9.17, 15) is 4.79 Å². The van der Waals surface area contributed by atoms with Crippen LogP contribution in [-0.2, 0) is 11.3 Å². The van der Waals surface area contributed by atoms with Gasteiger partial charge in [-0.1, -0.05) is 0 Å². The predicted molar refractivity (Wildman–Crippen MR) is 52.6 cm³/mol. The highest BCUT2D eigenvalue weighted by molar-refractivity contribution is 7.07. The molecule has 0 aromatic carbocycles. The van der Waals surface area contributed by atoms with Crippen molar-refractivity contribution in [3.63, 3.8) is 0 Å². The number of rotatable bonds is 4. The first-order valence-corrected chi connectivity index (χ1v) is 4.75. The van der Waals surface area contributed by atoms with E-state index < -0.39 is 5.97 Å². The Labute approximate surface area is 80.9 Å². The van der Waals surface area contributed by atoms with Crippen LogP contribution in [0.25, 0.3) is 0 Å². The van der Waals surface area contributed by atoms with Crippen LogP contribution in [0.1, 0.15) is 5.56 Å². The van der Waals surface area contributed by atoms with Gasteiger partial charge in [-0.2, -0.15) is 11.3 Å². The lowest BCUT2D eigenvalue weighted by atomic mass is 10.3. The molecule has 0 amide bonds. The molecular formula is C9H11NO2S. The van der Waals surface area contributed by atoms with Crippen molar-refractivity contribution in [2.75, 3.05) is 7.05 Å². The van der Waals surface area contributed by atoms with Crippen LogP contribution in [0.4, 0.5) is 0 Å². The second-order valence-electron chi connectivity index (χ2n) is 2.70. The van der Waals surface area contributed by atoms with Crippen molar-refractivity contribution in [3.05, 3.63) is 34.7 Å². The molecular weight excluding hydrogens is 186 g/mol. The summed E-state index contributed by atoms with van der Waals surface area (Å²) in [5.74, 6) is -0.919. The molecule has 0 aliphatic carbocycles. The number of carboxylic acid groups (broad SMARTS) is 1. The van der Waals surface area contributed by atoms with Crippen molar-refractivity contribution >= 4 is 17.3 Å². The summed E-state index contributed by atoms with van der Waals surface area (Å²) in [6.45, 7) is 0.743. The molecule has 0 saturated heterocycles. The summed E-state index contributed by atoms with van der Waals surface area (Å²) in [6, 6.07) is 2.02. The third-order valence-electron chi connectivity index (χ3n) is 1.48. The fraction of sp³-hybridized carbons (Fsp3) is 0.222. The van der Waals surface area contributed by atoms with E-state index >= 15 is 0 Å². The van der Waals surface area contributed by atoms with Crippen molar-refractivity contribution in [2.45, 2.75) is 6.54 Å². The molecule has 3 nitrogen and oxygen atoms in total. The normalized spacial score (nSPS) is 10.5. The Morgan fingerprint density at radius 2 is 2.54 bits per heavy atom. The Kier molecular flexibility index (Phi) is 3.52. The Bertz CT molecular complexity index is 293. The summed E-state index contributed by atoms with van der Waals surface area (Å²) in [5.41, 5.74) is 1.20. The van der Waals surface area contributed by atoms with Crippen LogP contribution in [0.3, 0.4) is 0 Å². The molecule has 0 fully saturated rings. The van der Waals surface area contributed by atoms with E-state index in [0.29, 0.717) is 0 Å². The van der Waals surface area contributed by atoms with E-state index in [-0.39, 0.29) is 0 Å². The van der Waals surface area contributed by atoms with E-state index in [4.69, 9.17) is 5.11 Å². The van der Waals surface area contributed by atoms with Crippen molar-refractivity contribution in [2.24, 2.45) is 0 Å². The van der Waals surface area contributed by atoms with Crippen LogP contribution in [0, 0.1) is 0 Å². The molecule has 0 unspecified atom stereocenters. The highest BCUT2D eigenvalue weighted by Crippen LogP contribution is 2.08. The maximum absolute atomic E-state index is 10.2. The summed E-state index contributed by atoms with van der Waals surface area (Å²) in [6.07, 6.45) is 2.69. The van der Waals surface area contributed by atoms with Gasteiger partial charge in [-0.25, -0.2) is 4.79 Å². The highest BCUT2D eigenvalue weighted by Gasteiger charge is 1.95. The molecule has 0 aliphatic heterocycles. The smallest absolute Gasteiger partial charge is 0.329 e. The zero-order valence-electron chi connectivity index (χ0n) is 7.30. The van der Waals surface area contributed by atoms with Gasteiger partial charge in [0.2, 0.25) is 0 Å². The summed E-state index contributed by atoms with van der Waals surface area (Å²) in [7, 11) is 1.84. The van der Waals surface area contributed by atoms with E-state index in [1.165, 1.54) is 5.56 Å². The standard InChI is InChI=1S/C9H11NO2S/c1-10(4-2-9(11)12)6-8-3-5-13-7-8/h2-5,7H,6H2,1H3,(H,11,12). The molecule has 0 spiro atoms. The van der Waals surface area contributed by atoms with E-state index in [1.54, 1.807) is 17.5 Å². The average Bonchev–Trinajstić information content (AvgIpc) is 2.53. The number of carboxylic acids is 1. The molecule has 13 heavy (non-hydrogen) atoms. The molecule has 0 radical (unpaired) electrons. The zero-order valence-corrected chi connectivity index (χ0v) is 8.12. The van der Waals surface area contributed by atoms with E-state index in [1.807, 2.05) is 28.8 Å². The third-order valence-corrected chi connectivity index (χ3v) is 2.22. The van der Waals surface area contributed by atoms with E-state index in [2.05, 4.69) is 0 Å². The fourth-order valence-electron chi connectivity index (χ4n) is 0.914. The summed E-state index contributed by atoms with van der Waals surface area (Å²) in [5, 5.41) is 12.4. The molecule has 1 aromatic rings. The molecule has 0 atom stereocenters. The Morgan fingerprint density at radius 3 is 3.08 bits per heavy atom. The van der Waals surface area contributed by atoms with Gasteiger partial charge in [0.15, 0.2) is 0 Å². The molecule has 4 heteroatoms. The lowest BCUT2D eigenvalue weighted by Gasteiger charge is -2.11. The van der Waals surface area contributed by atoms with Crippen molar-refractivity contribution in [1.29, 1.82) is 0 Å². The zero-order chi connectivity index (χ0) is 9.68. The monoisotopic (exact) mass is 197 g/mol. The molecule has 0 saturated carbocycles. The number of carbonyl (C=O) groups is 1. The summed E-state index contributed by atoms with van der Waals surface area (Å²) in [4.78, 5) is 12.0. The van der Waals surface area contributed by atoms with Crippen LogP contribution >= 0.6 is 11.3 Å². The van der Waals surface area contributed by atoms with Crippen LogP contribution in [-0.4, -0.2) is 23.0 Å². The van der Waals surface area contributed by atoms with Crippen LogP contribution in [0.2, 0.25) is 0 Å². The van der Waals surface area contributed by atoms with Gasteiger partial charge in [0.25, 0.3) is 0 Å². The average molecular weight is 197 g/mol. The minimum Gasteiger partial charge on any atom is -0.478 e. The Morgan fingerprint density at radius 1 is 1.77 bits per heavy atom. The number of nitrogens with zero attached hydrogens (tertiary/aromatic N) is 1. The van der Waals surface area contributed by atoms with Gasteiger partial charge in [-0.05, 0) is 22.4 Å². The Balaban J connectivity index is 2.42. The van der Waals surface area contributed by atoms with Crippen molar-refractivity contribution < 1.29 is 9.90 Å². The minimum absolute atomic E-state index is 0.743. The van der Waals surface area contributed by atoms with Gasteiger partial charge >= 0.3 is 5.97 Å². The first kappa shape index (κ1) is 9.80. The summed E-state index contributed by atoms with van der Waals surface area (Å²) < 4.78 is 0. The third kappa shape index (κ3) is 3.75. The molecule has 1 N–H and O–H groups in total. The quantitative estimate of drug-likeness (QED) is 0.748. The van der Waals surface area contributed by atoms with Crippen molar-refractivity contribution in [1.82, 2.24) is 4.90 Å². The molecule has 0 aliphatic rings. The molecule has 1 aromatic heterocycles. The number of aliphatic carboxylic acids is 1. The van der Waals surface area contributed by atoms with Gasteiger partial charge in [0.05, 0.1) is 0 Å². The molecule has 0 bridgehead atoms. The molecule has 1 rings (SSSR count). The number of hydrogen-bond donors (Lipinski definition) is 1. The van der Waals surface area contributed by atoms with Crippen LogP contribution < -0.4 is 0 Å². The lowest BCUT2D eigenvalue weighted by molar-refractivity contribution is -0.131. The minimum atomic E-state index is -0.919. The second-order valence-corrected chi connectivity index (χ2v) is 3.48. The van der Waals surface area contributed by atoms with E-state index in [0.717, 1.165) is 12.6 Å². The molecule has 1 heterocycles. The van der Waals surface area contributed by atoms with Gasteiger partial charge in [0.1, 0.15) is 0 Å².